The third kappa shape index (κ3) is 4.26. The molecule has 1 amide bonds. The zero-order valence-electron chi connectivity index (χ0n) is 13.3. The van der Waals surface area contributed by atoms with Crippen molar-refractivity contribution < 1.29 is 19.4 Å². The highest BCUT2D eigenvalue weighted by Gasteiger charge is 2.24. The predicted molar refractivity (Wildman–Crippen MR) is 81.8 cm³/mol. The topological polar surface area (TPSA) is 85.0 Å². The molecule has 1 aromatic rings. The molecular formula is C15H24N2O4. The van der Waals surface area contributed by atoms with Gasteiger partial charge < -0.3 is 25.2 Å². The number of likely N-dealkylation sites (N-methyl/N-ethyl adjacent to an activating group) is 1. The summed E-state index contributed by atoms with van der Waals surface area (Å²) in [5.41, 5.74) is 5.60. The van der Waals surface area contributed by atoms with Gasteiger partial charge in [0, 0.05) is 24.8 Å². The number of nitrogens with two attached hydrogens (primary N) is 1. The van der Waals surface area contributed by atoms with E-state index in [4.69, 9.17) is 15.2 Å². The van der Waals surface area contributed by atoms with Crippen molar-refractivity contribution in [3.63, 3.8) is 0 Å². The molecule has 6 heteroatoms. The Morgan fingerprint density at radius 2 is 1.81 bits per heavy atom. The van der Waals surface area contributed by atoms with Crippen LogP contribution in [0.2, 0.25) is 0 Å². The summed E-state index contributed by atoms with van der Waals surface area (Å²) in [5.74, 6) is 0.657. The van der Waals surface area contributed by atoms with E-state index >= 15 is 0 Å². The third-order valence-corrected chi connectivity index (χ3v) is 3.03. The van der Waals surface area contributed by atoms with Gasteiger partial charge in [-0.3, -0.25) is 4.79 Å². The zero-order chi connectivity index (χ0) is 16.2. The number of hydrogen-bond acceptors (Lipinski definition) is 5. The number of carbonyl (C=O) groups excluding carboxylic acids is 1. The largest absolute Gasteiger partial charge is 0.493 e. The number of ether oxygens (including phenoxy) is 2. The van der Waals surface area contributed by atoms with Crippen LogP contribution in [0, 0.1) is 0 Å². The Hall–Kier alpha value is -1.95. The molecule has 1 rings (SSSR count). The number of amides is 1. The summed E-state index contributed by atoms with van der Waals surface area (Å²) in [6.07, 6.45) is 0. The minimum absolute atomic E-state index is 0.218. The minimum atomic E-state index is -0.975. The first kappa shape index (κ1) is 17.1. The fraction of sp³-hybridized carbons (Fsp3) is 0.533. The molecule has 0 heterocycles. The molecule has 0 saturated heterocycles. The number of benzene rings is 1. The normalized spacial score (nSPS) is 11.1. The van der Waals surface area contributed by atoms with Gasteiger partial charge in [-0.05, 0) is 26.8 Å². The van der Waals surface area contributed by atoms with Crippen LogP contribution in [0.15, 0.2) is 12.1 Å². The second-order valence-corrected chi connectivity index (χ2v) is 5.43. The van der Waals surface area contributed by atoms with Gasteiger partial charge in [0.15, 0.2) is 11.5 Å². The summed E-state index contributed by atoms with van der Waals surface area (Å²) in [6, 6.07) is 3.12. The molecular weight excluding hydrogens is 272 g/mol. The first-order chi connectivity index (χ1) is 9.73. The molecule has 0 aromatic heterocycles. The molecule has 1 aromatic carbocycles. The first-order valence-electron chi connectivity index (χ1n) is 6.76. The van der Waals surface area contributed by atoms with Crippen molar-refractivity contribution in [2.24, 2.45) is 0 Å². The quantitative estimate of drug-likeness (QED) is 0.777. The lowest BCUT2D eigenvalue weighted by Crippen LogP contribution is -2.42. The molecule has 0 radical (unpaired) electrons. The monoisotopic (exact) mass is 296 g/mol. The molecule has 0 unspecified atom stereocenters. The molecule has 0 fully saturated rings. The number of hydrogen-bond donors (Lipinski definition) is 2. The number of carbonyl (C=O) groups is 1. The third-order valence-electron chi connectivity index (χ3n) is 3.03. The van der Waals surface area contributed by atoms with Gasteiger partial charge in [0.05, 0.1) is 25.4 Å². The number of anilines is 1. The first-order valence-corrected chi connectivity index (χ1v) is 6.76. The van der Waals surface area contributed by atoms with Crippen molar-refractivity contribution in [1.82, 2.24) is 4.90 Å². The van der Waals surface area contributed by atoms with Gasteiger partial charge in [0.1, 0.15) is 0 Å². The van der Waals surface area contributed by atoms with Crippen LogP contribution in [-0.2, 0) is 0 Å². The van der Waals surface area contributed by atoms with Crippen LogP contribution < -0.4 is 15.2 Å². The van der Waals surface area contributed by atoms with Crippen molar-refractivity contribution in [2.75, 3.05) is 33.0 Å². The summed E-state index contributed by atoms with van der Waals surface area (Å²) in [5, 5.41) is 9.90. The number of nitrogen functional groups attached to an aromatic ring is 1. The number of nitrogens with zero attached hydrogens (tertiary/aromatic N) is 1. The zero-order valence-corrected chi connectivity index (χ0v) is 13.3. The second-order valence-electron chi connectivity index (χ2n) is 5.43. The Balaban J connectivity index is 3.16. The molecule has 0 atom stereocenters. The highest BCUT2D eigenvalue weighted by molar-refractivity contribution is 6.00. The van der Waals surface area contributed by atoms with E-state index in [9.17, 15) is 9.90 Å². The standard InChI is InChI=1S/C15H24N2O4/c1-6-17(9-15(2,3)19)14(18)10-7-12(20-4)13(21-5)8-11(10)16/h7-8,19H,6,9,16H2,1-5H3. The van der Waals surface area contributed by atoms with E-state index in [1.165, 1.54) is 19.1 Å². The molecule has 0 aliphatic carbocycles. The Morgan fingerprint density at radius 3 is 2.24 bits per heavy atom. The summed E-state index contributed by atoms with van der Waals surface area (Å²) in [6.45, 7) is 5.84. The van der Waals surface area contributed by atoms with Crippen LogP contribution in [0.25, 0.3) is 0 Å². The van der Waals surface area contributed by atoms with Crippen molar-refractivity contribution in [3.05, 3.63) is 17.7 Å². The molecule has 0 aliphatic heterocycles. The Bertz CT molecular complexity index is 509. The Kier molecular flexibility index (Phi) is 5.43. The van der Waals surface area contributed by atoms with Crippen LogP contribution in [0.5, 0.6) is 11.5 Å². The van der Waals surface area contributed by atoms with Gasteiger partial charge in [-0.25, -0.2) is 0 Å². The maximum Gasteiger partial charge on any atom is 0.256 e. The van der Waals surface area contributed by atoms with E-state index in [2.05, 4.69) is 0 Å². The van der Waals surface area contributed by atoms with Gasteiger partial charge in [0.25, 0.3) is 5.91 Å². The van der Waals surface area contributed by atoms with Gasteiger partial charge in [-0.2, -0.15) is 0 Å². The lowest BCUT2D eigenvalue weighted by atomic mass is 10.1. The lowest BCUT2D eigenvalue weighted by molar-refractivity contribution is 0.0315. The summed E-state index contributed by atoms with van der Waals surface area (Å²) in [7, 11) is 3.00. The van der Waals surface area contributed by atoms with E-state index in [1.807, 2.05) is 6.92 Å². The van der Waals surface area contributed by atoms with Crippen LogP contribution in [-0.4, -0.2) is 48.8 Å². The predicted octanol–water partition coefficient (Wildman–Crippen LogP) is 1.52. The lowest BCUT2D eigenvalue weighted by Gasteiger charge is -2.28. The fourth-order valence-corrected chi connectivity index (χ4v) is 2.04. The average molecular weight is 296 g/mol. The minimum Gasteiger partial charge on any atom is -0.493 e. The van der Waals surface area contributed by atoms with Gasteiger partial charge in [-0.15, -0.1) is 0 Å². The van der Waals surface area contributed by atoms with E-state index in [0.29, 0.717) is 29.3 Å². The van der Waals surface area contributed by atoms with Gasteiger partial charge in [-0.1, -0.05) is 0 Å². The van der Waals surface area contributed by atoms with Crippen molar-refractivity contribution in [2.45, 2.75) is 26.4 Å². The molecule has 6 nitrogen and oxygen atoms in total. The van der Waals surface area contributed by atoms with Crippen molar-refractivity contribution >= 4 is 11.6 Å². The van der Waals surface area contributed by atoms with Crippen molar-refractivity contribution in [1.29, 1.82) is 0 Å². The summed E-state index contributed by atoms with van der Waals surface area (Å²) in [4.78, 5) is 14.1. The smallest absolute Gasteiger partial charge is 0.256 e. The van der Waals surface area contributed by atoms with Crippen LogP contribution in [0.1, 0.15) is 31.1 Å². The molecule has 21 heavy (non-hydrogen) atoms. The van der Waals surface area contributed by atoms with Crippen LogP contribution in [0.3, 0.4) is 0 Å². The highest BCUT2D eigenvalue weighted by Crippen LogP contribution is 2.32. The van der Waals surface area contributed by atoms with E-state index in [0.717, 1.165) is 0 Å². The highest BCUT2D eigenvalue weighted by atomic mass is 16.5. The fourth-order valence-electron chi connectivity index (χ4n) is 2.04. The van der Waals surface area contributed by atoms with E-state index in [-0.39, 0.29) is 12.5 Å². The second kappa shape index (κ2) is 6.67. The Labute approximate surface area is 125 Å². The molecule has 118 valence electrons. The SMILES string of the molecule is CCN(CC(C)(C)O)C(=O)c1cc(OC)c(OC)cc1N. The molecule has 0 aliphatic rings. The average Bonchev–Trinajstić information content (AvgIpc) is 2.42. The Morgan fingerprint density at radius 1 is 1.29 bits per heavy atom. The number of rotatable bonds is 6. The van der Waals surface area contributed by atoms with Crippen molar-refractivity contribution in [3.8, 4) is 11.5 Å². The maximum absolute atomic E-state index is 12.6. The maximum atomic E-state index is 12.6. The molecule has 0 bridgehead atoms. The summed E-state index contributed by atoms with van der Waals surface area (Å²) >= 11 is 0. The van der Waals surface area contributed by atoms with E-state index < -0.39 is 5.60 Å². The van der Waals surface area contributed by atoms with E-state index in [1.54, 1.807) is 26.0 Å². The number of methoxy groups -OCH3 is 2. The molecule has 3 N–H and O–H groups in total. The number of aliphatic hydroxyl groups is 1. The van der Waals surface area contributed by atoms with Crippen LogP contribution in [0.4, 0.5) is 5.69 Å². The van der Waals surface area contributed by atoms with Gasteiger partial charge >= 0.3 is 0 Å². The van der Waals surface area contributed by atoms with Crippen LogP contribution >= 0.6 is 0 Å². The molecule has 0 spiro atoms. The molecule has 0 saturated carbocycles. The van der Waals surface area contributed by atoms with Gasteiger partial charge in [0.2, 0.25) is 0 Å². The summed E-state index contributed by atoms with van der Waals surface area (Å²) < 4.78 is 10.3.